The van der Waals surface area contributed by atoms with E-state index < -0.39 is 0 Å². The van der Waals surface area contributed by atoms with Crippen molar-refractivity contribution in [3.05, 3.63) is 84.2 Å². The van der Waals surface area contributed by atoms with Crippen molar-refractivity contribution in [2.24, 2.45) is 5.92 Å². The van der Waals surface area contributed by atoms with Gasteiger partial charge in [-0.05, 0) is 35.9 Å². The molecule has 32 heavy (non-hydrogen) atoms. The van der Waals surface area contributed by atoms with E-state index in [1.54, 1.807) is 30.5 Å². The van der Waals surface area contributed by atoms with Gasteiger partial charge in [0, 0.05) is 49.2 Å². The number of amides is 2. The molecule has 4 rings (SSSR count). The molecule has 2 aromatic carbocycles. The number of hydrogen-bond donors (Lipinski definition) is 1. The van der Waals surface area contributed by atoms with E-state index in [1.165, 1.54) is 0 Å². The Balaban J connectivity index is 1.27. The van der Waals surface area contributed by atoms with Crippen LogP contribution in [-0.2, 0) is 22.7 Å². The maximum Gasteiger partial charge on any atom is 0.227 e. The Labute approximate surface area is 187 Å². The smallest absolute Gasteiger partial charge is 0.227 e. The van der Waals surface area contributed by atoms with E-state index in [9.17, 15) is 9.59 Å². The van der Waals surface area contributed by atoms with Crippen LogP contribution in [0.3, 0.4) is 0 Å². The average Bonchev–Trinajstić information content (AvgIpc) is 3.24. The predicted molar refractivity (Wildman–Crippen MR) is 120 cm³/mol. The summed E-state index contributed by atoms with van der Waals surface area (Å²) in [5, 5.41) is 2.94. The highest BCUT2D eigenvalue weighted by atomic mass is 16.5. The number of benzene rings is 2. The highest BCUT2D eigenvalue weighted by Gasteiger charge is 2.35. The zero-order valence-electron chi connectivity index (χ0n) is 17.9. The summed E-state index contributed by atoms with van der Waals surface area (Å²) < 4.78 is 11.0. The number of carbonyl (C=O) groups excluding carboxylic acids is 2. The number of anilines is 1. The topological polar surface area (TPSA) is 80.8 Å². The van der Waals surface area contributed by atoms with Crippen LogP contribution in [0, 0.1) is 5.92 Å². The minimum Gasteiger partial charge on any atom is -0.497 e. The molecule has 0 bridgehead atoms. The van der Waals surface area contributed by atoms with Crippen LogP contribution in [0.2, 0.25) is 0 Å². The Morgan fingerprint density at radius 1 is 1.09 bits per heavy atom. The molecule has 2 amide bonds. The standard InChI is InChI=1S/C25H25N3O4/c1-31-23-6-2-5-21(13-23)28-16-20(12-24(28)29)25(30)27-15-18-7-9-22(10-8-18)32-17-19-4-3-11-26-14-19/h2-11,13-14,20H,12,15-17H2,1H3,(H,27,30). The lowest BCUT2D eigenvalue weighted by molar-refractivity contribution is -0.126. The van der Waals surface area contributed by atoms with Crippen LogP contribution in [0.15, 0.2) is 73.1 Å². The zero-order valence-corrected chi connectivity index (χ0v) is 17.9. The van der Waals surface area contributed by atoms with E-state index >= 15 is 0 Å². The molecule has 7 nitrogen and oxygen atoms in total. The van der Waals surface area contributed by atoms with Crippen molar-refractivity contribution in [3.8, 4) is 11.5 Å². The van der Waals surface area contributed by atoms with Gasteiger partial charge < -0.3 is 19.7 Å². The van der Waals surface area contributed by atoms with Crippen molar-refractivity contribution < 1.29 is 19.1 Å². The molecule has 1 N–H and O–H groups in total. The van der Waals surface area contributed by atoms with Crippen molar-refractivity contribution in [2.75, 3.05) is 18.6 Å². The number of aromatic nitrogens is 1. The molecule has 1 aliphatic rings. The van der Waals surface area contributed by atoms with Crippen LogP contribution >= 0.6 is 0 Å². The number of carbonyl (C=O) groups is 2. The van der Waals surface area contributed by atoms with Gasteiger partial charge in [0.1, 0.15) is 18.1 Å². The van der Waals surface area contributed by atoms with Gasteiger partial charge in [-0.1, -0.05) is 24.3 Å². The molecule has 3 aromatic rings. The second-order valence-electron chi connectivity index (χ2n) is 7.62. The third-order valence-electron chi connectivity index (χ3n) is 5.38. The van der Waals surface area contributed by atoms with Gasteiger partial charge in [0.05, 0.1) is 13.0 Å². The van der Waals surface area contributed by atoms with Crippen molar-refractivity contribution in [1.82, 2.24) is 10.3 Å². The summed E-state index contributed by atoms with van der Waals surface area (Å²) in [6.45, 7) is 1.20. The molecule has 0 aliphatic carbocycles. The molecule has 0 spiro atoms. The van der Waals surface area contributed by atoms with Crippen LogP contribution in [0.5, 0.6) is 11.5 Å². The molecule has 1 aromatic heterocycles. The van der Waals surface area contributed by atoms with Gasteiger partial charge in [0.25, 0.3) is 0 Å². The molecule has 164 valence electrons. The lowest BCUT2D eigenvalue weighted by Crippen LogP contribution is -2.32. The number of methoxy groups -OCH3 is 1. The van der Waals surface area contributed by atoms with Crippen LogP contribution < -0.4 is 19.7 Å². The molecule has 1 unspecified atom stereocenters. The minimum absolute atomic E-state index is 0.0616. The number of rotatable bonds is 8. The summed E-state index contributed by atoms with van der Waals surface area (Å²) in [7, 11) is 1.58. The average molecular weight is 431 g/mol. The lowest BCUT2D eigenvalue weighted by Gasteiger charge is -2.17. The van der Waals surface area contributed by atoms with Crippen LogP contribution in [0.1, 0.15) is 17.5 Å². The van der Waals surface area contributed by atoms with Crippen molar-refractivity contribution in [3.63, 3.8) is 0 Å². The van der Waals surface area contributed by atoms with Crippen LogP contribution in [0.4, 0.5) is 5.69 Å². The summed E-state index contributed by atoms with van der Waals surface area (Å²) in [6, 6.07) is 18.7. The fraction of sp³-hybridized carbons (Fsp3) is 0.240. The fourth-order valence-electron chi connectivity index (χ4n) is 3.60. The minimum atomic E-state index is -0.379. The van der Waals surface area contributed by atoms with E-state index in [4.69, 9.17) is 9.47 Å². The first kappa shape index (κ1) is 21.4. The third-order valence-corrected chi connectivity index (χ3v) is 5.38. The molecule has 0 radical (unpaired) electrons. The summed E-state index contributed by atoms with van der Waals surface area (Å²) >= 11 is 0. The fourth-order valence-corrected chi connectivity index (χ4v) is 3.60. The zero-order chi connectivity index (χ0) is 22.3. The second kappa shape index (κ2) is 9.96. The number of nitrogens with one attached hydrogen (secondary N) is 1. The van der Waals surface area contributed by atoms with Gasteiger partial charge in [-0.2, -0.15) is 0 Å². The highest BCUT2D eigenvalue weighted by molar-refractivity contribution is 6.00. The number of hydrogen-bond acceptors (Lipinski definition) is 5. The van der Waals surface area contributed by atoms with Crippen LogP contribution in [0.25, 0.3) is 0 Å². The van der Waals surface area contributed by atoms with Gasteiger partial charge in [0.2, 0.25) is 11.8 Å². The Kier molecular flexibility index (Phi) is 6.65. The Hall–Kier alpha value is -3.87. The maximum atomic E-state index is 12.6. The number of ether oxygens (including phenoxy) is 2. The Morgan fingerprint density at radius 2 is 1.94 bits per heavy atom. The number of pyridine rings is 1. The molecule has 2 heterocycles. The highest BCUT2D eigenvalue weighted by Crippen LogP contribution is 2.28. The first-order valence-electron chi connectivity index (χ1n) is 10.4. The summed E-state index contributed by atoms with van der Waals surface area (Å²) in [4.78, 5) is 30.8. The van der Waals surface area contributed by atoms with Gasteiger partial charge in [-0.15, -0.1) is 0 Å². The van der Waals surface area contributed by atoms with Crippen molar-refractivity contribution in [1.29, 1.82) is 0 Å². The van der Waals surface area contributed by atoms with E-state index in [0.717, 1.165) is 22.6 Å². The van der Waals surface area contributed by atoms with Crippen LogP contribution in [-0.4, -0.2) is 30.5 Å². The largest absolute Gasteiger partial charge is 0.497 e. The summed E-state index contributed by atoms with van der Waals surface area (Å²) in [6.07, 6.45) is 3.70. The van der Waals surface area contributed by atoms with E-state index in [2.05, 4.69) is 10.3 Å². The monoisotopic (exact) mass is 431 g/mol. The van der Waals surface area contributed by atoms with Gasteiger partial charge in [0.15, 0.2) is 0 Å². The van der Waals surface area contributed by atoms with Gasteiger partial charge >= 0.3 is 0 Å². The Morgan fingerprint density at radius 3 is 2.69 bits per heavy atom. The summed E-state index contributed by atoms with van der Waals surface area (Å²) in [5.41, 5.74) is 2.70. The number of nitrogens with zero attached hydrogens (tertiary/aromatic N) is 2. The third kappa shape index (κ3) is 5.24. The normalized spacial score (nSPS) is 15.5. The van der Waals surface area contributed by atoms with Crippen molar-refractivity contribution >= 4 is 17.5 Å². The predicted octanol–water partition coefficient (Wildman–Crippen LogP) is 3.34. The molecule has 1 fully saturated rings. The first-order valence-corrected chi connectivity index (χ1v) is 10.4. The van der Waals surface area contributed by atoms with Crippen molar-refractivity contribution in [2.45, 2.75) is 19.6 Å². The molecular weight excluding hydrogens is 406 g/mol. The molecular formula is C25H25N3O4. The van der Waals surface area contributed by atoms with Gasteiger partial charge in [-0.25, -0.2) is 0 Å². The van der Waals surface area contributed by atoms with E-state index in [-0.39, 0.29) is 24.2 Å². The molecule has 1 aliphatic heterocycles. The molecule has 1 saturated heterocycles. The van der Waals surface area contributed by atoms with E-state index in [1.807, 2.05) is 54.6 Å². The molecule has 1 atom stereocenters. The SMILES string of the molecule is COc1cccc(N2CC(C(=O)NCc3ccc(OCc4cccnc4)cc3)CC2=O)c1. The molecule has 7 heteroatoms. The van der Waals surface area contributed by atoms with E-state index in [0.29, 0.717) is 25.4 Å². The first-order chi connectivity index (χ1) is 15.6. The second-order valence-corrected chi connectivity index (χ2v) is 7.62. The summed E-state index contributed by atoms with van der Waals surface area (Å²) in [5.74, 6) is 0.861. The van der Waals surface area contributed by atoms with Gasteiger partial charge in [-0.3, -0.25) is 14.6 Å². The lowest BCUT2D eigenvalue weighted by atomic mass is 10.1. The molecule has 0 saturated carbocycles. The quantitative estimate of drug-likeness (QED) is 0.592. The maximum absolute atomic E-state index is 12.6. The Bertz CT molecular complexity index is 1070.